The Morgan fingerprint density at radius 1 is 1.58 bits per heavy atom. The Bertz CT molecular complexity index is 153. The number of hydrogen-bond donors (Lipinski definition) is 0. The molecule has 0 atom stereocenters. The molecule has 1 radical (unpaired) electrons. The number of carbonyl (C=O) groups is 1. The maximum Gasteiger partial charge on any atom is 0.220 e. The number of likely N-dealkylation sites (tertiary alicyclic amines) is 1. The first-order valence-electron chi connectivity index (χ1n) is 4.49. The molecular formula is C9H17N2O. The standard InChI is InChI=1S/C9H17N2O/c1-9(12)10(2)8-11-6-4-3-5-7-11/h6H,3-5,7-8H2,1-2H3. The summed E-state index contributed by atoms with van der Waals surface area (Å²) in [6.45, 7) is 5.64. The number of amides is 1. The highest BCUT2D eigenvalue weighted by Gasteiger charge is 2.12. The van der Waals surface area contributed by atoms with E-state index in [9.17, 15) is 4.79 Å². The highest BCUT2D eigenvalue weighted by molar-refractivity contribution is 5.72. The molecule has 69 valence electrons. The van der Waals surface area contributed by atoms with Gasteiger partial charge in [-0.1, -0.05) is 6.42 Å². The highest BCUT2D eigenvalue weighted by Crippen LogP contribution is 2.12. The van der Waals surface area contributed by atoms with Crippen molar-refractivity contribution in [3.63, 3.8) is 0 Å². The molecular weight excluding hydrogens is 152 g/mol. The zero-order valence-electron chi connectivity index (χ0n) is 7.92. The summed E-state index contributed by atoms with van der Waals surface area (Å²) in [5.74, 6) is 0.133. The monoisotopic (exact) mass is 169 g/mol. The summed E-state index contributed by atoms with van der Waals surface area (Å²) in [4.78, 5) is 14.9. The van der Waals surface area contributed by atoms with Crippen molar-refractivity contribution in [2.75, 3.05) is 20.3 Å². The fourth-order valence-electron chi connectivity index (χ4n) is 1.32. The third kappa shape index (κ3) is 2.81. The van der Waals surface area contributed by atoms with Crippen molar-refractivity contribution >= 4 is 5.91 Å². The van der Waals surface area contributed by atoms with Crippen LogP contribution in [0.25, 0.3) is 0 Å². The normalized spacial score (nSPS) is 19.2. The van der Waals surface area contributed by atoms with E-state index < -0.39 is 0 Å². The molecule has 3 nitrogen and oxygen atoms in total. The minimum Gasteiger partial charge on any atom is -0.333 e. The first-order chi connectivity index (χ1) is 5.70. The van der Waals surface area contributed by atoms with E-state index in [2.05, 4.69) is 11.4 Å². The Balaban J connectivity index is 2.24. The molecule has 1 fully saturated rings. The predicted octanol–water partition coefficient (Wildman–Crippen LogP) is 1.07. The second-order valence-electron chi connectivity index (χ2n) is 3.35. The Hall–Kier alpha value is -0.570. The zero-order valence-corrected chi connectivity index (χ0v) is 7.92. The third-order valence-electron chi connectivity index (χ3n) is 2.22. The van der Waals surface area contributed by atoms with Gasteiger partial charge in [-0.3, -0.25) is 9.69 Å². The van der Waals surface area contributed by atoms with Crippen LogP contribution in [0.15, 0.2) is 0 Å². The lowest BCUT2D eigenvalue weighted by Gasteiger charge is -2.29. The van der Waals surface area contributed by atoms with Crippen molar-refractivity contribution in [3.05, 3.63) is 6.54 Å². The number of carbonyl (C=O) groups excluding carboxylic acids is 1. The van der Waals surface area contributed by atoms with Crippen LogP contribution < -0.4 is 0 Å². The molecule has 1 saturated heterocycles. The van der Waals surface area contributed by atoms with E-state index in [1.54, 1.807) is 11.8 Å². The van der Waals surface area contributed by atoms with Gasteiger partial charge in [0.05, 0.1) is 6.67 Å². The van der Waals surface area contributed by atoms with Crippen molar-refractivity contribution in [1.29, 1.82) is 0 Å². The van der Waals surface area contributed by atoms with Crippen LogP contribution in [-0.4, -0.2) is 36.0 Å². The first kappa shape index (κ1) is 9.52. The molecule has 1 heterocycles. The summed E-state index contributed by atoms with van der Waals surface area (Å²) in [5, 5.41) is 0. The number of piperidine rings is 1. The second kappa shape index (κ2) is 4.45. The van der Waals surface area contributed by atoms with E-state index in [0.717, 1.165) is 19.6 Å². The Morgan fingerprint density at radius 3 is 2.83 bits per heavy atom. The first-order valence-corrected chi connectivity index (χ1v) is 4.49. The summed E-state index contributed by atoms with van der Waals surface area (Å²) in [6, 6.07) is 0. The summed E-state index contributed by atoms with van der Waals surface area (Å²) in [6.07, 6.45) is 3.70. The molecule has 0 unspecified atom stereocenters. The van der Waals surface area contributed by atoms with Crippen LogP contribution in [0.5, 0.6) is 0 Å². The Labute approximate surface area is 74.3 Å². The van der Waals surface area contributed by atoms with Gasteiger partial charge in [0.1, 0.15) is 0 Å². The SMILES string of the molecule is CC(=O)N(C)CN1[CH]CCCC1. The summed E-state index contributed by atoms with van der Waals surface area (Å²) < 4.78 is 0. The molecule has 3 heteroatoms. The van der Waals surface area contributed by atoms with Gasteiger partial charge in [-0.25, -0.2) is 0 Å². The topological polar surface area (TPSA) is 23.6 Å². The molecule has 1 aliphatic heterocycles. The van der Waals surface area contributed by atoms with Gasteiger partial charge in [0.25, 0.3) is 0 Å². The molecule has 1 aliphatic rings. The van der Waals surface area contributed by atoms with Crippen molar-refractivity contribution in [2.24, 2.45) is 0 Å². The van der Waals surface area contributed by atoms with Crippen molar-refractivity contribution < 1.29 is 4.79 Å². The minimum absolute atomic E-state index is 0.133. The van der Waals surface area contributed by atoms with E-state index in [-0.39, 0.29) is 5.91 Å². The lowest BCUT2D eigenvalue weighted by Crippen LogP contribution is -2.38. The molecule has 0 saturated carbocycles. The second-order valence-corrected chi connectivity index (χ2v) is 3.35. The van der Waals surface area contributed by atoms with Crippen LogP contribution in [0.2, 0.25) is 0 Å². The third-order valence-corrected chi connectivity index (χ3v) is 2.22. The molecule has 0 spiro atoms. The van der Waals surface area contributed by atoms with Gasteiger partial charge in [0.15, 0.2) is 0 Å². The molecule has 12 heavy (non-hydrogen) atoms. The molecule has 0 bridgehead atoms. The quantitative estimate of drug-likeness (QED) is 0.617. The molecule has 0 aliphatic carbocycles. The lowest BCUT2D eigenvalue weighted by molar-refractivity contribution is -0.129. The van der Waals surface area contributed by atoms with Crippen LogP contribution in [0, 0.1) is 6.54 Å². The van der Waals surface area contributed by atoms with Crippen LogP contribution in [-0.2, 0) is 4.79 Å². The maximum atomic E-state index is 10.9. The largest absolute Gasteiger partial charge is 0.333 e. The predicted molar refractivity (Wildman–Crippen MR) is 48.2 cm³/mol. The van der Waals surface area contributed by atoms with Gasteiger partial charge in [-0.2, -0.15) is 0 Å². The van der Waals surface area contributed by atoms with Gasteiger partial charge >= 0.3 is 0 Å². The van der Waals surface area contributed by atoms with E-state index in [0.29, 0.717) is 0 Å². The fourth-order valence-corrected chi connectivity index (χ4v) is 1.32. The average molecular weight is 169 g/mol. The summed E-state index contributed by atoms with van der Waals surface area (Å²) in [7, 11) is 1.84. The number of hydrogen-bond acceptors (Lipinski definition) is 2. The summed E-state index contributed by atoms with van der Waals surface area (Å²) >= 11 is 0. The van der Waals surface area contributed by atoms with Crippen LogP contribution >= 0.6 is 0 Å². The van der Waals surface area contributed by atoms with Crippen molar-refractivity contribution in [1.82, 2.24) is 9.80 Å². The number of nitrogens with zero attached hydrogens (tertiary/aromatic N) is 2. The zero-order chi connectivity index (χ0) is 8.97. The van der Waals surface area contributed by atoms with Gasteiger partial charge < -0.3 is 4.90 Å². The van der Waals surface area contributed by atoms with Gasteiger partial charge in [-0.15, -0.1) is 0 Å². The minimum atomic E-state index is 0.133. The van der Waals surface area contributed by atoms with Crippen molar-refractivity contribution in [3.8, 4) is 0 Å². The van der Waals surface area contributed by atoms with Crippen LogP contribution in [0.4, 0.5) is 0 Å². The van der Waals surface area contributed by atoms with Gasteiger partial charge in [0, 0.05) is 27.1 Å². The lowest BCUT2D eigenvalue weighted by atomic mass is 10.1. The van der Waals surface area contributed by atoms with E-state index in [1.165, 1.54) is 12.8 Å². The van der Waals surface area contributed by atoms with Crippen molar-refractivity contribution in [2.45, 2.75) is 26.2 Å². The molecule has 0 N–H and O–H groups in total. The fraction of sp³-hybridized carbons (Fsp3) is 0.778. The van der Waals surface area contributed by atoms with Crippen LogP contribution in [0.1, 0.15) is 26.2 Å². The molecule has 0 aromatic carbocycles. The smallest absolute Gasteiger partial charge is 0.220 e. The van der Waals surface area contributed by atoms with Gasteiger partial charge in [-0.05, 0) is 12.8 Å². The highest BCUT2D eigenvalue weighted by atomic mass is 16.2. The van der Waals surface area contributed by atoms with Crippen LogP contribution in [0.3, 0.4) is 0 Å². The molecule has 0 aromatic heterocycles. The Kier molecular flexibility index (Phi) is 3.53. The maximum absolute atomic E-state index is 10.9. The number of rotatable bonds is 2. The van der Waals surface area contributed by atoms with E-state index >= 15 is 0 Å². The van der Waals surface area contributed by atoms with Gasteiger partial charge in [0.2, 0.25) is 5.91 Å². The molecule has 1 rings (SSSR count). The van der Waals surface area contributed by atoms with E-state index in [1.807, 2.05) is 7.05 Å². The molecule has 0 aromatic rings. The summed E-state index contributed by atoms with van der Waals surface area (Å²) in [5.41, 5.74) is 0. The Morgan fingerprint density at radius 2 is 2.33 bits per heavy atom. The van der Waals surface area contributed by atoms with E-state index in [4.69, 9.17) is 0 Å². The average Bonchev–Trinajstić information content (AvgIpc) is 2.06. The molecule has 1 amide bonds.